The van der Waals surface area contributed by atoms with Crippen molar-refractivity contribution in [3.05, 3.63) is 35.6 Å². The molecule has 1 aliphatic heterocycles. The SMILES string of the molecule is CC(C)(C)[S@@](=O)N1CCCC1c1ccccc1F. The first-order chi connectivity index (χ1) is 8.41. The molecule has 4 heteroatoms. The van der Waals surface area contributed by atoms with Crippen LogP contribution in [0.1, 0.15) is 45.2 Å². The lowest BCUT2D eigenvalue weighted by Crippen LogP contribution is -2.37. The third kappa shape index (κ3) is 2.64. The minimum absolute atomic E-state index is 0.0498. The number of nitrogens with zero attached hydrogens (tertiary/aromatic N) is 1. The molecule has 0 spiro atoms. The number of benzene rings is 1. The van der Waals surface area contributed by atoms with E-state index in [0.717, 1.165) is 19.4 Å². The molecular weight excluding hydrogens is 249 g/mol. The van der Waals surface area contributed by atoms with Crippen molar-refractivity contribution < 1.29 is 8.60 Å². The lowest BCUT2D eigenvalue weighted by Gasteiger charge is -2.30. The Morgan fingerprint density at radius 1 is 1.33 bits per heavy atom. The van der Waals surface area contributed by atoms with E-state index in [0.29, 0.717) is 5.56 Å². The molecule has 2 nitrogen and oxygen atoms in total. The lowest BCUT2D eigenvalue weighted by molar-refractivity contribution is 0.403. The fourth-order valence-corrected chi connectivity index (χ4v) is 3.80. The Bertz CT molecular complexity index is 455. The summed E-state index contributed by atoms with van der Waals surface area (Å²) in [5.41, 5.74) is 0.674. The Morgan fingerprint density at radius 2 is 2.00 bits per heavy atom. The van der Waals surface area contributed by atoms with Crippen LogP contribution < -0.4 is 0 Å². The topological polar surface area (TPSA) is 20.3 Å². The van der Waals surface area contributed by atoms with Crippen LogP contribution in [0.4, 0.5) is 4.39 Å². The smallest absolute Gasteiger partial charge is 0.128 e. The zero-order chi connectivity index (χ0) is 13.3. The van der Waals surface area contributed by atoms with Gasteiger partial charge in [-0.25, -0.2) is 12.9 Å². The van der Waals surface area contributed by atoms with Crippen LogP contribution in [0.3, 0.4) is 0 Å². The highest BCUT2D eigenvalue weighted by Crippen LogP contribution is 2.36. The molecule has 1 aromatic rings. The summed E-state index contributed by atoms with van der Waals surface area (Å²) in [6, 6.07) is 6.77. The molecule has 2 atom stereocenters. The first-order valence-corrected chi connectivity index (χ1v) is 7.45. The van der Waals surface area contributed by atoms with Crippen LogP contribution in [0.5, 0.6) is 0 Å². The summed E-state index contributed by atoms with van der Waals surface area (Å²) in [4.78, 5) is 0. The summed E-state index contributed by atoms with van der Waals surface area (Å²) in [6.07, 6.45) is 1.85. The van der Waals surface area contributed by atoms with Crippen molar-refractivity contribution in [2.24, 2.45) is 0 Å². The average Bonchev–Trinajstić information content (AvgIpc) is 2.76. The van der Waals surface area contributed by atoms with Gasteiger partial charge < -0.3 is 0 Å². The van der Waals surface area contributed by atoms with Crippen LogP contribution in [0, 0.1) is 5.82 Å². The molecule has 1 fully saturated rings. The van der Waals surface area contributed by atoms with Crippen LogP contribution in [0.25, 0.3) is 0 Å². The maximum Gasteiger partial charge on any atom is 0.128 e. The van der Waals surface area contributed by atoms with Gasteiger partial charge in [0, 0.05) is 12.1 Å². The Morgan fingerprint density at radius 3 is 2.61 bits per heavy atom. The fraction of sp³-hybridized carbons (Fsp3) is 0.571. The van der Waals surface area contributed by atoms with Gasteiger partial charge in [-0.05, 0) is 39.7 Å². The summed E-state index contributed by atoms with van der Waals surface area (Å²) in [6.45, 7) is 6.66. The largest absolute Gasteiger partial charge is 0.242 e. The normalized spacial score (nSPS) is 23.2. The van der Waals surface area contributed by atoms with E-state index in [-0.39, 0.29) is 16.6 Å². The van der Waals surface area contributed by atoms with Gasteiger partial charge in [0.05, 0.1) is 10.8 Å². The molecule has 0 radical (unpaired) electrons. The van der Waals surface area contributed by atoms with Crippen molar-refractivity contribution >= 4 is 11.0 Å². The molecule has 18 heavy (non-hydrogen) atoms. The number of hydrogen-bond acceptors (Lipinski definition) is 1. The molecule has 0 aromatic heterocycles. The number of halogens is 1. The summed E-state index contributed by atoms with van der Waals surface area (Å²) < 4.78 is 28.0. The Hall–Kier alpha value is -0.740. The third-order valence-corrected chi connectivity index (χ3v) is 5.12. The molecule has 1 aromatic carbocycles. The second-order valence-electron chi connectivity index (χ2n) is 5.68. The Labute approximate surface area is 111 Å². The first-order valence-electron chi connectivity index (χ1n) is 6.34. The predicted molar refractivity (Wildman–Crippen MR) is 73.0 cm³/mol. The van der Waals surface area contributed by atoms with Gasteiger partial charge in [0.25, 0.3) is 0 Å². The van der Waals surface area contributed by atoms with Crippen LogP contribution in [-0.2, 0) is 11.0 Å². The summed E-state index contributed by atoms with van der Waals surface area (Å²) in [5.74, 6) is -0.194. The quantitative estimate of drug-likeness (QED) is 0.805. The van der Waals surface area contributed by atoms with Crippen molar-refractivity contribution in [1.82, 2.24) is 4.31 Å². The minimum Gasteiger partial charge on any atom is -0.242 e. The maximum atomic E-state index is 13.8. The van der Waals surface area contributed by atoms with Gasteiger partial charge in [-0.1, -0.05) is 18.2 Å². The molecule has 0 aliphatic carbocycles. The van der Waals surface area contributed by atoms with Crippen LogP contribution >= 0.6 is 0 Å². The molecule has 0 N–H and O–H groups in total. The Kier molecular flexibility index (Phi) is 3.87. The van der Waals surface area contributed by atoms with Crippen molar-refractivity contribution in [2.45, 2.75) is 44.4 Å². The second kappa shape index (κ2) is 5.10. The van der Waals surface area contributed by atoms with Crippen LogP contribution in [-0.4, -0.2) is 19.8 Å². The lowest BCUT2D eigenvalue weighted by atomic mass is 10.1. The van der Waals surface area contributed by atoms with Gasteiger partial charge in [0.1, 0.15) is 16.8 Å². The second-order valence-corrected chi connectivity index (χ2v) is 7.87. The highest BCUT2D eigenvalue weighted by atomic mass is 32.2. The van der Waals surface area contributed by atoms with Gasteiger partial charge in [0.2, 0.25) is 0 Å². The van der Waals surface area contributed by atoms with Gasteiger partial charge >= 0.3 is 0 Å². The highest BCUT2D eigenvalue weighted by molar-refractivity contribution is 7.84. The summed E-state index contributed by atoms with van der Waals surface area (Å²) in [7, 11) is -1.08. The predicted octanol–water partition coefficient (Wildman–Crippen LogP) is 3.42. The van der Waals surface area contributed by atoms with E-state index in [1.807, 2.05) is 31.1 Å². The van der Waals surface area contributed by atoms with Gasteiger partial charge in [-0.3, -0.25) is 0 Å². The molecular formula is C14H20FNOS. The fourth-order valence-electron chi connectivity index (χ4n) is 2.35. The van der Waals surface area contributed by atoms with E-state index in [1.165, 1.54) is 6.07 Å². The van der Waals surface area contributed by atoms with E-state index in [2.05, 4.69) is 0 Å². The molecule has 1 heterocycles. The van der Waals surface area contributed by atoms with Crippen molar-refractivity contribution in [1.29, 1.82) is 0 Å². The monoisotopic (exact) mass is 269 g/mol. The molecule has 1 unspecified atom stereocenters. The first kappa shape index (κ1) is 13.7. The number of hydrogen-bond donors (Lipinski definition) is 0. The highest BCUT2D eigenvalue weighted by Gasteiger charge is 2.36. The van der Waals surface area contributed by atoms with Gasteiger partial charge in [-0.15, -0.1) is 0 Å². The third-order valence-electron chi connectivity index (χ3n) is 3.20. The number of rotatable bonds is 2. The molecule has 100 valence electrons. The summed E-state index contributed by atoms with van der Waals surface area (Å²) in [5, 5.41) is 0. The van der Waals surface area contributed by atoms with Crippen molar-refractivity contribution in [3.8, 4) is 0 Å². The molecule has 0 amide bonds. The molecule has 2 rings (SSSR count). The van der Waals surface area contributed by atoms with Gasteiger partial charge in [-0.2, -0.15) is 0 Å². The van der Waals surface area contributed by atoms with Crippen LogP contribution in [0.2, 0.25) is 0 Å². The molecule has 0 saturated carbocycles. The standard InChI is InChI=1S/C14H20FNOS/c1-14(2,3)18(17)16-10-6-9-13(16)11-7-4-5-8-12(11)15/h4-5,7-8,13H,6,9-10H2,1-3H3/t13?,18-/m1/s1. The van der Waals surface area contributed by atoms with E-state index in [9.17, 15) is 8.60 Å². The Balaban J connectivity index is 2.29. The van der Waals surface area contributed by atoms with E-state index < -0.39 is 11.0 Å². The average molecular weight is 269 g/mol. The van der Waals surface area contributed by atoms with Crippen molar-refractivity contribution in [3.63, 3.8) is 0 Å². The summed E-state index contributed by atoms with van der Waals surface area (Å²) >= 11 is 0. The maximum absolute atomic E-state index is 13.8. The van der Waals surface area contributed by atoms with Crippen LogP contribution in [0.15, 0.2) is 24.3 Å². The van der Waals surface area contributed by atoms with E-state index in [4.69, 9.17) is 0 Å². The molecule has 0 bridgehead atoms. The zero-order valence-corrected chi connectivity index (χ0v) is 12.0. The molecule has 1 saturated heterocycles. The minimum atomic E-state index is -1.08. The van der Waals surface area contributed by atoms with Gasteiger partial charge in [0.15, 0.2) is 0 Å². The molecule has 1 aliphatic rings. The van der Waals surface area contributed by atoms with Crippen molar-refractivity contribution in [2.75, 3.05) is 6.54 Å². The van der Waals surface area contributed by atoms with E-state index in [1.54, 1.807) is 12.1 Å². The van der Waals surface area contributed by atoms with E-state index >= 15 is 0 Å². The zero-order valence-electron chi connectivity index (χ0n) is 11.1.